The number of nitriles is 1. The molecule has 0 fully saturated rings. The van der Waals surface area contributed by atoms with Gasteiger partial charge < -0.3 is 0 Å². The summed E-state index contributed by atoms with van der Waals surface area (Å²) >= 11 is 0. The molecule has 0 saturated carbocycles. The Labute approximate surface area is 227 Å². The molecular formula is C35H27N3O. The van der Waals surface area contributed by atoms with Crippen LogP contribution in [-0.4, -0.2) is 9.55 Å². The maximum absolute atomic E-state index is 14.4. The highest BCUT2D eigenvalue weighted by molar-refractivity contribution is 6.04. The molecule has 0 aliphatic heterocycles. The molecule has 4 nitrogen and oxygen atoms in total. The fourth-order valence-electron chi connectivity index (χ4n) is 5.34. The molecule has 0 radical (unpaired) electrons. The summed E-state index contributed by atoms with van der Waals surface area (Å²) in [6.07, 6.45) is 3.62. The van der Waals surface area contributed by atoms with Crippen LogP contribution >= 0.6 is 0 Å². The first-order chi connectivity index (χ1) is 19.1. The number of hydrogen-bond acceptors (Lipinski definition) is 3. The van der Waals surface area contributed by atoms with Gasteiger partial charge in [0.2, 0.25) is 0 Å². The highest BCUT2D eigenvalue weighted by Crippen LogP contribution is 2.39. The molecule has 0 N–H and O–H groups in total. The molecule has 0 atom stereocenters. The zero-order valence-corrected chi connectivity index (χ0v) is 22.0. The molecule has 0 saturated heterocycles. The molecule has 0 aliphatic rings. The zero-order chi connectivity index (χ0) is 26.9. The smallest absolute Gasteiger partial charge is 0.263 e. The molecule has 0 aliphatic carbocycles. The van der Waals surface area contributed by atoms with Gasteiger partial charge in [0.15, 0.2) is 0 Å². The second-order valence-electron chi connectivity index (χ2n) is 9.69. The lowest BCUT2D eigenvalue weighted by molar-refractivity contribution is 1.02. The van der Waals surface area contributed by atoms with Crippen molar-refractivity contribution < 1.29 is 0 Å². The normalized spacial score (nSPS) is 11.1. The first kappa shape index (κ1) is 24.3. The van der Waals surface area contributed by atoms with E-state index in [0.717, 1.165) is 57.2 Å². The summed E-state index contributed by atoms with van der Waals surface area (Å²) in [5, 5.41) is 12.0. The molecule has 4 heteroatoms. The van der Waals surface area contributed by atoms with Crippen molar-refractivity contribution >= 4 is 21.7 Å². The van der Waals surface area contributed by atoms with Crippen molar-refractivity contribution in [2.75, 3.05) is 0 Å². The largest absolute Gasteiger partial charge is 0.274 e. The minimum absolute atomic E-state index is 0.142. The molecule has 0 unspecified atom stereocenters. The summed E-state index contributed by atoms with van der Waals surface area (Å²) in [4.78, 5) is 19.1. The fraction of sp³-hybridized carbons (Fsp3) is 0.114. The zero-order valence-electron chi connectivity index (χ0n) is 22.0. The Morgan fingerprint density at radius 3 is 2.10 bits per heavy atom. The summed E-state index contributed by atoms with van der Waals surface area (Å²) in [6, 6.07) is 34.4. The maximum atomic E-state index is 14.4. The van der Waals surface area contributed by atoms with Gasteiger partial charge in [-0.1, -0.05) is 80.6 Å². The topological polar surface area (TPSA) is 58.7 Å². The van der Waals surface area contributed by atoms with Crippen molar-refractivity contribution in [3.05, 3.63) is 130 Å². The van der Waals surface area contributed by atoms with E-state index in [1.54, 1.807) is 18.3 Å². The quantitative estimate of drug-likeness (QED) is 0.239. The number of rotatable bonds is 5. The van der Waals surface area contributed by atoms with Gasteiger partial charge in [0.05, 0.1) is 28.5 Å². The first-order valence-electron chi connectivity index (χ1n) is 13.3. The average Bonchev–Trinajstić information content (AvgIpc) is 3.00. The Balaban J connectivity index is 1.84. The second-order valence-corrected chi connectivity index (χ2v) is 9.69. The predicted molar refractivity (Wildman–Crippen MR) is 159 cm³/mol. The maximum Gasteiger partial charge on any atom is 0.263 e. The van der Waals surface area contributed by atoms with Crippen molar-refractivity contribution in [3.8, 4) is 34.1 Å². The lowest BCUT2D eigenvalue weighted by atomic mass is 9.91. The molecule has 0 amide bonds. The van der Waals surface area contributed by atoms with Gasteiger partial charge in [-0.25, -0.2) is 0 Å². The third kappa shape index (κ3) is 4.19. The Kier molecular flexibility index (Phi) is 6.26. The van der Waals surface area contributed by atoms with Crippen molar-refractivity contribution in [3.63, 3.8) is 0 Å². The molecule has 6 rings (SSSR count). The minimum atomic E-state index is -0.142. The summed E-state index contributed by atoms with van der Waals surface area (Å²) in [6.45, 7) is 4.27. The lowest BCUT2D eigenvalue weighted by Gasteiger charge is -2.22. The Bertz CT molecular complexity index is 1940. The van der Waals surface area contributed by atoms with Crippen LogP contribution < -0.4 is 5.56 Å². The second kappa shape index (κ2) is 10.0. The third-order valence-corrected chi connectivity index (χ3v) is 7.45. The summed E-state index contributed by atoms with van der Waals surface area (Å²) in [5.41, 5.74) is 7.94. The Morgan fingerprint density at radius 2 is 1.44 bits per heavy atom. The number of fused-ring (bicyclic) bond motifs is 2. The number of aryl methyl sites for hydroxylation is 2. The van der Waals surface area contributed by atoms with Crippen molar-refractivity contribution in [1.29, 1.82) is 5.26 Å². The van der Waals surface area contributed by atoms with Gasteiger partial charge in [-0.05, 0) is 70.8 Å². The lowest BCUT2D eigenvalue weighted by Crippen LogP contribution is -2.22. The van der Waals surface area contributed by atoms with E-state index in [9.17, 15) is 10.1 Å². The number of benzene rings is 4. The van der Waals surface area contributed by atoms with E-state index < -0.39 is 0 Å². The fourth-order valence-corrected chi connectivity index (χ4v) is 5.34. The summed E-state index contributed by atoms with van der Waals surface area (Å²) in [7, 11) is 0. The number of aromatic nitrogens is 2. The minimum Gasteiger partial charge on any atom is -0.274 e. The van der Waals surface area contributed by atoms with E-state index in [-0.39, 0.29) is 5.56 Å². The predicted octanol–water partition coefficient (Wildman–Crippen LogP) is 7.87. The number of nitrogens with zero attached hydrogens (tertiary/aromatic N) is 3. The molecule has 0 spiro atoms. The number of para-hydroxylation sites is 1. The van der Waals surface area contributed by atoms with Crippen molar-refractivity contribution in [1.82, 2.24) is 9.55 Å². The molecule has 4 aromatic carbocycles. The highest BCUT2D eigenvalue weighted by atomic mass is 16.1. The van der Waals surface area contributed by atoms with Gasteiger partial charge in [-0.3, -0.25) is 14.3 Å². The van der Waals surface area contributed by atoms with E-state index in [1.165, 1.54) is 11.1 Å². The summed E-state index contributed by atoms with van der Waals surface area (Å²) < 4.78 is 1.81. The van der Waals surface area contributed by atoms with Crippen LogP contribution in [0.3, 0.4) is 0 Å². The van der Waals surface area contributed by atoms with Crippen LogP contribution in [0.2, 0.25) is 0 Å². The van der Waals surface area contributed by atoms with E-state index in [0.29, 0.717) is 10.9 Å². The van der Waals surface area contributed by atoms with Crippen LogP contribution in [0.15, 0.2) is 108 Å². The molecule has 2 aromatic heterocycles. The molecule has 6 aromatic rings. The SMILES string of the molecule is CCc1ccc(-c2c(-c3ccc(CC)cc3)n(-c3cccc4cccnc34)c(=O)c3ccc(C#N)cc23)cc1. The number of hydrogen-bond donors (Lipinski definition) is 0. The summed E-state index contributed by atoms with van der Waals surface area (Å²) in [5.74, 6) is 0. The Morgan fingerprint density at radius 1 is 0.769 bits per heavy atom. The van der Waals surface area contributed by atoms with Crippen molar-refractivity contribution in [2.45, 2.75) is 26.7 Å². The van der Waals surface area contributed by atoms with Gasteiger partial charge in [0.25, 0.3) is 5.56 Å². The van der Waals surface area contributed by atoms with Gasteiger partial charge in [-0.15, -0.1) is 0 Å². The molecule has 2 heterocycles. The first-order valence-corrected chi connectivity index (χ1v) is 13.3. The van der Waals surface area contributed by atoms with E-state index in [2.05, 4.69) is 68.4 Å². The van der Waals surface area contributed by atoms with Gasteiger partial charge in [-0.2, -0.15) is 5.26 Å². The highest BCUT2D eigenvalue weighted by Gasteiger charge is 2.22. The van der Waals surface area contributed by atoms with E-state index >= 15 is 0 Å². The van der Waals surface area contributed by atoms with Gasteiger partial charge in [0, 0.05) is 22.5 Å². The van der Waals surface area contributed by atoms with E-state index in [4.69, 9.17) is 4.98 Å². The van der Waals surface area contributed by atoms with Gasteiger partial charge in [0.1, 0.15) is 0 Å². The van der Waals surface area contributed by atoms with E-state index in [1.807, 2.05) is 41.0 Å². The molecular weight excluding hydrogens is 478 g/mol. The van der Waals surface area contributed by atoms with Crippen LogP contribution in [0, 0.1) is 11.3 Å². The Hall–Kier alpha value is -5.01. The van der Waals surface area contributed by atoms with Crippen LogP contribution in [-0.2, 0) is 12.8 Å². The standard InChI is InChI=1S/C35H27N3O/c1-3-23-10-15-26(16-11-23)32-30-21-25(22-36)14-19-29(30)35(39)38(34(32)28-17-12-24(4-2)13-18-28)31-9-5-7-27-8-6-20-37-33(27)31/h5-21H,3-4H2,1-2H3. The van der Waals surface area contributed by atoms with Crippen molar-refractivity contribution in [2.24, 2.45) is 0 Å². The molecule has 0 bridgehead atoms. The van der Waals surface area contributed by atoms with Gasteiger partial charge >= 0.3 is 0 Å². The van der Waals surface area contributed by atoms with Crippen LogP contribution in [0.4, 0.5) is 0 Å². The van der Waals surface area contributed by atoms with Crippen LogP contribution in [0.25, 0.3) is 49.7 Å². The molecule has 188 valence electrons. The number of pyridine rings is 2. The van der Waals surface area contributed by atoms with Crippen LogP contribution in [0.1, 0.15) is 30.5 Å². The average molecular weight is 506 g/mol. The monoisotopic (exact) mass is 505 g/mol. The van der Waals surface area contributed by atoms with Crippen LogP contribution in [0.5, 0.6) is 0 Å². The third-order valence-electron chi connectivity index (χ3n) is 7.45. The molecule has 39 heavy (non-hydrogen) atoms.